The van der Waals surface area contributed by atoms with Crippen LogP contribution in [0.2, 0.25) is 0 Å². The quantitative estimate of drug-likeness (QED) is 0.121. The van der Waals surface area contributed by atoms with Crippen LogP contribution in [0.25, 0.3) is 172 Å². The summed E-state index contributed by atoms with van der Waals surface area (Å²) >= 11 is 0. The highest BCUT2D eigenvalue weighted by Gasteiger charge is 2.33. The van der Waals surface area contributed by atoms with Crippen LogP contribution in [0.3, 0.4) is 0 Å². The molecule has 0 aliphatic carbocycles. The topological polar surface area (TPSA) is 115 Å². The average Bonchev–Trinajstić information content (AvgIpc) is 1.59. The van der Waals surface area contributed by atoms with Gasteiger partial charge in [-0.1, -0.05) is 358 Å². The molecule has 0 saturated heterocycles. The summed E-state index contributed by atoms with van der Waals surface area (Å²) in [5.74, 6) is 0. The molecule has 0 atom stereocenters. The fourth-order valence-corrected chi connectivity index (χ4v) is 18.6. The van der Waals surface area contributed by atoms with Gasteiger partial charge in [-0.15, -0.1) is 0 Å². The zero-order valence-electron chi connectivity index (χ0n) is 87.6. The smallest absolute Gasteiger partial charge is 0.0737 e. The molecule has 0 amide bonds. The molecular weight excluding hydrogens is 1630 g/mol. The van der Waals surface area contributed by atoms with Crippen molar-refractivity contribution in [3.63, 3.8) is 0 Å². The summed E-state index contributed by atoms with van der Waals surface area (Å²) in [5.41, 5.74) is 41.6. The van der Waals surface area contributed by atoms with Crippen LogP contribution in [0.1, 0.15) is 373 Å². The van der Waals surface area contributed by atoms with E-state index in [1.165, 1.54) is 66.8 Å². The molecule has 16 bridgehead atoms. The summed E-state index contributed by atoms with van der Waals surface area (Å²) in [6, 6.07) is 61.8. The molecule has 12 aromatic rings. The average molecular weight is 1770 g/mol. The highest BCUT2D eigenvalue weighted by atomic mass is 14.8. The Morgan fingerprint density at radius 2 is 0.276 bits per heavy atom. The van der Waals surface area contributed by atoms with Crippen molar-refractivity contribution in [1.29, 1.82) is 0 Å². The number of H-pyrrole nitrogens is 4. The Morgan fingerprint density at radius 1 is 0.157 bits per heavy atom. The SMILES string of the molecule is CC(C)(C)c1cc(-c2c3nc(c(-c4cc(C(C)(C)C)cc(C(C)(C)C)c4)c4ccc([nH]4)c(-c4cc(C(C)(C)C)cc(C(C)(C)C)c4)c4nc(c(/C=C/c5c6nc(c(-c7cc(C(C)(C)C)cc(C(C)(C)C)c7)c7ccc([nH]7)c(-c7cc(C(C)(C)C)cc(C(C)(C)C)c7)c7nc(c(-c8cc(C(C)(C)C)cc(C(C)(C)C)c8)c8ccc5[nH]8)C=C7)C=C6)c5ccc2[nH]5)C=C4)C=C3)cc(C(C)(C)C)c1. The molecule has 8 nitrogen and oxygen atoms in total. The van der Waals surface area contributed by atoms with Crippen molar-refractivity contribution in [2.24, 2.45) is 0 Å². The van der Waals surface area contributed by atoms with Crippen LogP contribution < -0.4 is 0 Å². The van der Waals surface area contributed by atoms with Crippen molar-refractivity contribution in [3.05, 3.63) is 281 Å². The van der Waals surface area contributed by atoms with Crippen molar-refractivity contribution < 1.29 is 0 Å². The molecule has 4 aliphatic rings. The van der Waals surface area contributed by atoms with Crippen LogP contribution in [0.4, 0.5) is 0 Å². The number of aromatic amines is 4. The maximum absolute atomic E-state index is 6.07. The van der Waals surface area contributed by atoms with E-state index in [4.69, 9.17) is 19.9 Å². The molecule has 0 spiro atoms. The lowest BCUT2D eigenvalue weighted by Gasteiger charge is -2.26. The third-order valence-electron chi connectivity index (χ3n) is 27.7. The van der Waals surface area contributed by atoms with Crippen LogP contribution in [0.15, 0.2) is 158 Å². The fourth-order valence-electron chi connectivity index (χ4n) is 18.6. The van der Waals surface area contributed by atoms with Crippen molar-refractivity contribution in [2.75, 3.05) is 0 Å². The number of hydrogen-bond acceptors (Lipinski definition) is 4. The summed E-state index contributed by atoms with van der Waals surface area (Å²) in [7, 11) is 0. The predicted molar refractivity (Wildman–Crippen MR) is 584 cm³/mol. The van der Waals surface area contributed by atoms with Crippen molar-refractivity contribution in [2.45, 2.75) is 314 Å². The van der Waals surface area contributed by atoms with Gasteiger partial charge in [0.1, 0.15) is 0 Å². The van der Waals surface area contributed by atoms with E-state index in [9.17, 15) is 0 Å². The first-order chi connectivity index (χ1) is 61.9. The van der Waals surface area contributed by atoms with Gasteiger partial charge in [0.05, 0.1) is 45.6 Å². The van der Waals surface area contributed by atoms with Gasteiger partial charge in [-0.25, -0.2) is 19.9 Å². The highest BCUT2D eigenvalue weighted by molar-refractivity contribution is 6.03. The van der Waals surface area contributed by atoms with Gasteiger partial charge in [-0.2, -0.15) is 0 Å². The first kappa shape index (κ1) is 95.4. The van der Waals surface area contributed by atoms with Crippen LogP contribution in [-0.4, -0.2) is 39.9 Å². The summed E-state index contributed by atoms with van der Waals surface area (Å²) in [6.07, 6.45) is 22.6. The number of benzene rings is 6. The molecule has 0 saturated carbocycles. The summed E-state index contributed by atoms with van der Waals surface area (Å²) in [4.78, 5) is 41.1. The second-order valence-electron chi connectivity index (χ2n) is 51.2. The van der Waals surface area contributed by atoms with Gasteiger partial charge in [-0.05, 0) is 274 Å². The maximum atomic E-state index is 6.07. The lowest BCUT2D eigenvalue weighted by atomic mass is 9.78. The minimum Gasteiger partial charge on any atom is -0.354 e. The minimum atomic E-state index is -0.186. The Bertz CT molecular complexity index is 6520. The number of rotatable bonds is 8. The summed E-state index contributed by atoms with van der Waals surface area (Å²) in [5, 5.41) is 0. The number of fused-ring (bicyclic) bond motifs is 16. The van der Waals surface area contributed by atoms with E-state index >= 15 is 0 Å². The molecular formula is C126H148N8. The van der Waals surface area contributed by atoms with Gasteiger partial charge in [-0.3, -0.25) is 0 Å². The first-order valence-corrected chi connectivity index (χ1v) is 48.9. The van der Waals surface area contributed by atoms with Gasteiger partial charge in [0, 0.05) is 88.6 Å². The van der Waals surface area contributed by atoms with Gasteiger partial charge in [0.25, 0.3) is 0 Å². The number of aromatic nitrogens is 8. The molecule has 8 heteroatoms. The summed E-state index contributed by atoms with van der Waals surface area (Å²) < 4.78 is 0. The zero-order valence-corrected chi connectivity index (χ0v) is 87.6. The van der Waals surface area contributed by atoms with E-state index in [2.05, 4.69) is 488 Å². The maximum Gasteiger partial charge on any atom is 0.0737 e. The molecule has 0 unspecified atom stereocenters. The van der Waals surface area contributed by atoms with Gasteiger partial charge in [0.15, 0.2) is 0 Å². The van der Waals surface area contributed by atoms with E-state index in [-0.39, 0.29) is 65.0 Å². The van der Waals surface area contributed by atoms with E-state index in [0.717, 1.165) is 168 Å². The Hall–Kier alpha value is -11.7. The van der Waals surface area contributed by atoms with Crippen molar-refractivity contribution in [3.8, 4) is 66.8 Å². The van der Waals surface area contributed by atoms with Gasteiger partial charge in [0.2, 0.25) is 0 Å². The lowest BCUT2D eigenvalue weighted by Crippen LogP contribution is -2.16. The van der Waals surface area contributed by atoms with E-state index in [0.29, 0.717) is 0 Å². The van der Waals surface area contributed by atoms with E-state index in [1.54, 1.807) is 0 Å². The first-order valence-electron chi connectivity index (χ1n) is 48.9. The van der Waals surface area contributed by atoms with Crippen LogP contribution in [-0.2, 0) is 65.0 Å². The third-order valence-corrected chi connectivity index (χ3v) is 27.7. The normalized spacial score (nSPS) is 14.0. The molecule has 134 heavy (non-hydrogen) atoms. The predicted octanol–water partition coefficient (Wildman–Crippen LogP) is 35.4. The Kier molecular flexibility index (Phi) is 23.6. The minimum absolute atomic E-state index is 0.159. The highest BCUT2D eigenvalue weighted by Crippen LogP contribution is 2.49. The largest absolute Gasteiger partial charge is 0.354 e. The second kappa shape index (κ2) is 33.1. The van der Waals surface area contributed by atoms with Crippen molar-refractivity contribution in [1.82, 2.24) is 39.9 Å². The van der Waals surface area contributed by atoms with Gasteiger partial charge < -0.3 is 19.9 Å². The Balaban J connectivity index is 1.09. The zero-order chi connectivity index (χ0) is 97.4. The van der Waals surface area contributed by atoms with Gasteiger partial charge >= 0.3 is 0 Å². The molecule has 0 radical (unpaired) electrons. The molecule has 4 aliphatic heterocycles. The van der Waals surface area contributed by atoms with Crippen molar-refractivity contribution >= 4 is 105 Å². The fraction of sp³-hybridized carbons (Fsp3) is 0.381. The number of hydrogen-bond donors (Lipinski definition) is 4. The standard InChI is InChI=1S/C126H148N8/c1-115(2,3)79-55-73(56-80(67-79)116(4,5)6)109-97-43-39-93(127-97)91(94-40-44-98(128-94)110(74-57-81(117(7,8)9)68-82(58-74)118(10,11)12)102-48-52-106(132-102)113(105-51-47-101(109)131-105)77-63-87(123(25,26)27)71-88(64-77)124(28,29)30)37-38-92-95-41-45-99(129-95)111(75-59-83(119(13,14)15)69-84(60-75)120(16,17)18)103-49-53-107(133-103)114(78-65-89(125(31,32)33)72-90(66-78)126(34,35)36)108-54-50-104(134-108)112(100-46-42-96(92)130-100)76-61-85(121(19,20)21)70-86(62-76)122(22,23)24/h37-72,127,129,132,134H,1-36H3/b38-37+,93-91?,94-91?,95-92?,96-92?,109-97?,109-101?,110-98?,110-102?,111-99?,111-103?,112-100?,112-104?,113-105?,113-106?,114-107?,114-108?. The van der Waals surface area contributed by atoms with Crippen LogP contribution in [0.5, 0.6) is 0 Å². The van der Waals surface area contributed by atoms with Crippen LogP contribution in [0, 0.1) is 0 Å². The summed E-state index contributed by atoms with van der Waals surface area (Å²) in [6.45, 7) is 83.9. The monoisotopic (exact) mass is 1770 g/mol. The number of nitrogens with one attached hydrogen (secondary N) is 4. The molecule has 0 fully saturated rings. The lowest BCUT2D eigenvalue weighted by molar-refractivity contribution is 0.568. The molecule has 4 N–H and O–H groups in total. The van der Waals surface area contributed by atoms with Crippen LogP contribution >= 0.6 is 0 Å². The number of nitrogens with zero attached hydrogens (tertiary/aromatic N) is 4. The Morgan fingerprint density at radius 3 is 0.418 bits per heavy atom. The van der Waals surface area contributed by atoms with E-state index in [1.807, 2.05) is 0 Å². The van der Waals surface area contributed by atoms with E-state index < -0.39 is 0 Å². The Labute approximate surface area is 801 Å². The molecule has 6 aromatic carbocycles. The molecule has 692 valence electrons. The molecule has 16 rings (SSSR count). The molecule has 10 heterocycles. The second-order valence-corrected chi connectivity index (χ2v) is 51.2. The third kappa shape index (κ3) is 19.4. The molecule has 6 aromatic heterocycles.